The summed E-state index contributed by atoms with van der Waals surface area (Å²) in [5, 5.41) is 4.00. The van der Waals surface area contributed by atoms with Gasteiger partial charge in [0, 0.05) is 45.2 Å². The van der Waals surface area contributed by atoms with Crippen LogP contribution in [0.2, 0.25) is 0 Å². The van der Waals surface area contributed by atoms with E-state index in [2.05, 4.69) is 126 Å². The van der Waals surface area contributed by atoms with Crippen LogP contribution in [0.3, 0.4) is 0 Å². The Balaban J connectivity index is 0.990. The Morgan fingerprint density at radius 3 is 2.58 bits per heavy atom. The van der Waals surface area contributed by atoms with E-state index in [1.54, 1.807) is 32.0 Å². The van der Waals surface area contributed by atoms with Crippen molar-refractivity contribution in [2.24, 2.45) is 5.92 Å². The van der Waals surface area contributed by atoms with Crippen molar-refractivity contribution in [3.8, 4) is 0 Å². The highest BCUT2D eigenvalue weighted by atomic mass is 32.1. The third-order valence-electron chi connectivity index (χ3n) is 13.5. The van der Waals surface area contributed by atoms with Crippen molar-refractivity contribution in [1.29, 1.82) is 0 Å². The Kier molecular flexibility index (Phi) is 6.49. The minimum absolute atomic E-state index is 0.0257. The average Bonchev–Trinajstić information content (AvgIpc) is 3.92. The van der Waals surface area contributed by atoms with Gasteiger partial charge in [0.2, 0.25) is 0 Å². The van der Waals surface area contributed by atoms with Gasteiger partial charge in [0.25, 0.3) is 0 Å². The van der Waals surface area contributed by atoms with Gasteiger partial charge in [0.15, 0.2) is 0 Å². The van der Waals surface area contributed by atoms with Crippen molar-refractivity contribution < 1.29 is 0 Å². The van der Waals surface area contributed by atoms with Gasteiger partial charge in [0.1, 0.15) is 5.82 Å². The second-order valence-electron chi connectivity index (χ2n) is 16.4. The van der Waals surface area contributed by atoms with Crippen molar-refractivity contribution in [1.82, 2.24) is 10.2 Å². The molecule has 1 aromatic heterocycles. The third-order valence-corrected chi connectivity index (χ3v) is 14.9. The molecule has 0 fully saturated rings. The highest BCUT2D eigenvalue weighted by molar-refractivity contribution is 7.12. The van der Waals surface area contributed by atoms with Crippen LogP contribution in [0.5, 0.6) is 0 Å². The first-order valence-electron chi connectivity index (χ1n) is 19.4. The van der Waals surface area contributed by atoms with Crippen LogP contribution in [-0.4, -0.2) is 11.4 Å². The number of hydrogen-bond donors (Lipinski definition) is 1. The van der Waals surface area contributed by atoms with E-state index in [9.17, 15) is 0 Å². The van der Waals surface area contributed by atoms with Gasteiger partial charge >= 0.3 is 0 Å². The summed E-state index contributed by atoms with van der Waals surface area (Å²) in [5.41, 5.74) is 18.5. The molecule has 5 aliphatic carbocycles. The molecule has 1 N–H and O–H groups in total. The second-order valence-corrected chi connectivity index (χ2v) is 17.5. The predicted octanol–water partition coefficient (Wildman–Crippen LogP) is 11.1. The highest BCUT2D eigenvalue weighted by Crippen LogP contribution is 2.65. The summed E-state index contributed by atoms with van der Waals surface area (Å²) < 4.78 is 0. The normalized spacial score (nSPS) is 26.8. The van der Waals surface area contributed by atoms with Crippen LogP contribution < -0.4 is 5.32 Å². The van der Waals surface area contributed by atoms with Crippen molar-refractivity contribution in [2.45, 2.75) is 94.9 Å². The maximum Gasteiger partial charge on any atom is 0.103 e. The summed E-state index contributed by atoms with van der Waals surface area (Å²) in [6, 6.07) is 28.6. The van der Waals surface area contributed by atoms with E-state index in [-0.39, 0.29) is 11.5 Å². The molecular formula is C47H46N2S. The van der Waals surface area contributed by atoms with Crippen LogP contribution in [0.15, 0.2) is 108 Å². The first kappa shape index (κ1) is 29.6. The van der Waals surface area contributed by atoms with Crippen LogP contribution >= 0.6 is 11.3 Å². The average molecular weight is 671 g/mol. The number of thiophene rings is 1. The molecule has 7 aliphatic rings. The molecule has 11 rings (SSSR count). The van der Waals surface area contributed by atoms with Crippen molar-refractivity contribution in [3.05, 3.63) is 162 Å². The van der Waals surface area contributed by atoms with Gasteiger partial charge < -0.3 is 10.2 Å². The van der Waals surface area contributed by atoms with Crippen molar-refractivity contribution in [2.75, 3.05) is 6.54 Å². The lowest BCUT2D eigenvalue weighted by molar-refractivity contribution is 0.299. The first-order valence-corrected chi connectivity index (χ1v) is 20.2. The Hall–Kier alpha value is -4.08. The Bertz CT molecular complexity index is 2220. The lowest BCUT2D eigenvalue weighted by atomic mass is 9.69. The van der Waals surface area contributed by atoms with E-state index >= 15 is 0 Å². The number of nitrogens with zero attached hydrogens (tertiary/aromatic N) is 1. The number of nitrogens with one attached hydrogen (secondary N) is 1. The van der Waals surface area contributed by atoms with Gasteiger partial charge in [-0.15, -0.1) is 11.3 Å². The number of rotatable bonds is 3. The molecule has 4 unspecified atom stereocenters. The fraction of sp³-hybridized carbons (Fsp3) is 0.362. The molecule has 2 aliphatic heterocycles. The summed E-state index contributed by atoms with van der Waals surface area (Å²) in [4.78, 5) is 6.17. The van der Waals surface area contributed by atoms with Gasteiger partial charge in [-0.25, -0.2) is 0 Å². The lowest BCUT2D eigenvalue weighted by Gasteiger charge is -2.40. The maximum atomic E-state index is 4.00. The molecular weight excluding hydrogens is 625 g/mol. The minimum Gasteiger partial charge on any atom is -0.371 e. The molecule has 3 heteroatoms. The van der Waals surface area contributed by atoms with E-state index in [1.165, 1.54) is 95.4 Å². The van der Waals surface area contributed by atoms with Crippen molar-refractivity contribution >= 4 is 22.5 Å². The van der Waals surface area contributed by atoms with Crippen molar-refractivity contribution in [3.63, 3.8) is 0 Å². The largest absolute Gasteiger partial charge is 0.371 e. The predicted molar refractivity (Wildman–Crippen MR) is 207 cm³/mol. The molecule has 50 heavy (non-hydrogen) atoms. The molecule has 0 saturated heterocycles. The summed E-state index contributed by atoms with van der Waals surface area (Å²) in [6.45, 7) is 5.86. The zero-order valence-electron chi connectivity index (χ0n) is 29.4. The maximum absolute atomic E-state index is 4.00. The van der Waals surface area contributed by atoms with Gasteiger partial charge in [-0.3, -0.25) is 0 Å². The number of allylic oxidation sites excluding steroid dienone is 4. The summed E-state index contributed by atoms with van der Waals surface area (Å²) in [6.07, 6.45) is 19.0. The fourth-order valence-corrected chi connectivity index (χ4v) is 12.9. The molecule has 0 bridgehead atoms. The summed E-state index contributed by atoms with van der Waals surface area (Å²) >= 11 is 2.17. The fourth-order valence-electron chi connectivity index (χ4n) is 11.3. The zero-order chi connectivity index (χ0) is 33.1. The van der Waals surface area contributed by atoms with Gasteiger partial charge in [-0.1, -0.05) is 98.8 Å². The van der Waals surface area contributed by atoms with Crippen LogP contribution in [0.1, 0.15) is 125 Å². The van der Waals surface area contributed by atoms with Crippen LogP contribution in [0, 0.1) is 5.92 Å². The standard InChI is InChI=1S/C47H46N2S/c1-47(2)38-22-8-5-18-36(38)42-43-37-19-6-9-23-39(37)49(45(43)34-17-4-3-16-33(34)44(42)47)41-26-30(27-48-41)28-13-11-14-29(25-28)31-20-12-21-35-32-15-7-10-24-40(32)50-46(31)35/h3-6,8,11,13-14,16-19,22,25-26,30-31,43,45,48H,7,9-10,12,15,20-21,23-24,27H2,1-2H3. The molecule has 250 valence electrons. The quantitative estimate of drug-likeness (QED) is 0.233. The highest BCUT2D eigenvalue weighted by Gasteiger charge is 2.53. The number of hydrogen-bond acceptors (Lipinski definition) is 3. The van der Waals surface area contributed by atoms with E-state index < -0.39 is 0 Å². The smallest absolute Gasteiger partial charge is 0.103 e. The Morgan fingerprint density at radius 1 is 0.820 bits per heavy atom. The monoisotopic (exact) mass is 670 g/mol. The third kappa shape index (κ3) is 4.07. The van der Waals surface area contributed by atoms with Gasteiger partial charge in [-0.05, 0) is 125 Å². The van der Waals surface area contributed by atoms with E-state index in [0.717, 1.165) is 19.4 Å². The van der Waals surface area contributed by atoms with Crippen LogP contribution in [0.4, 0.5) is 0 Å². The molecule has 0 saturated carbocycles. The lowest BCUT2D eigenvalue weighted by Crippen LogP contribution is -2.34. The van der Waals surface area contributed by atoms with Crippen LogP contribution in [0.25, 0.3) is 11.1 Å². The van der Waals surface area contributed by atoms with E-state index in [1.807, 2.05) is 0 Å². The SMILES string of the molecule is CC1(C)C2=C(c3ccccc31)C1C3=C(CCC=C3)N(C3=CC(c4cccc(C5CCCc6c5sc5c6CCCC5)c4)CN3)C1c1ccccc12. The molecule has 0 amide bonds. The van der Waals surface area contributed by atoms with Gasteiger partial charge in [-0.2, -0.15) is 0 Å². The number of benzene rings is 3. The number of fused-ring (bicyclic) bond motifs is 11. The summed E-state index contributed by atoms with van der Waals surface area (Å²) in [5.74, 6) is 2.57. The Labute approximate surface area is 301 Å². The second kappa shape index (κ2) is 11.0. The molecule has 3 heterocycles. The molecule has 3 aromatic carbocycles. The summed E-state index contributed by atoms with van der Waals surface area (Å²) in [7, 11) is 0. The van der Waals surface area contributed by atoms with Crippen LogP contribution in [-0.2, 0) is 24.7 Å². The first-order chi connectivity index (χ1) is 24.6. The van der Waals surface area contributed by atoms with E-state index in [4.69, 9.17) is 0 Å². The minimum atomic E-state index is -0.0257. The molecule has 4 aromatic rings. The molecule has 0 spiro atoms. The number of aryl methyl sites for hydroxylation is 1. The zero-order valence-corrected chi connectivity index (χ0v) is 30.2. The van der Waals surface area contributed by atoms with Gasteiger partial charge in [0.05, 0.1) is 6.04 Å². The molecule has 4 atom stereocenters. The molecule has 0 radical (unpaired) electrons. The Morgan fingerprint density at radius 2 is 1.64 bits per heavy atom. The molecule has 2 nitrogen and oxygen atoms in total. The topological polar surface area (TPSA) is 15.3 Å². The van der Waals surface area contributed by atoms with E-state index in [0.29, 0.717) is 17.8 Å².